The highest BCUT2D eigenvalue weighted by atomic mass is 32.2. The fourth-order valence-electron chi connectivity index (χ4n) is 3.42. The monoisotopic (exact) mass is 404 g/mol. The molecule has 152 valence electrons. The summed E-state index contributed by atoms with van der Waals surface area (Å²) in [4.78, 5) is 12.8. The molecule has 1 amide bonds. The van der Waals surface area contributed by atoms with E-state index in [0.29, 0.717) is 18.7 Å². The molecule has 1 fully saturated rings. The van der Waals surface area contributed by atoms with E-state index in [1.807, 2.05) is 19.1 Å². The van der Waals surface area contributed by atoms with Gasteiger partial charge in [-0.1, -0.05) is 18.9 Å². The van der Waals surface area contributed by atoms with Gasteiger partial charge in [0.05, 0.1) is 11.2 Å². The number of carbonyl (C=O) groups excluding carboxylic acids is 1. The van der Waals surface area contributed by atoms with Gasteiger partial charge in [-0.3, -0.25) is 4.79 Å². The second kappa shape index (κ2) is 9.39. The van der Waals surface area contributed by atoms with Crippen LogP contribution in [0.4, 0.5) is 0 Å². The highest BCUT2D eigenvalue weighted by Gasteiger charge is 2.26. The first-order valence-corrected chi connectivity index (χ1v) is 11.3. The van der Waals surface area contributed by atoms with E-state index >= 15 is 0 Å². The second-order valence-electron chi connectivity index (χ2n) is 7.34. The Morgan fingerprint density at radius 2 is 1.89 bits per heavy atom. The largest absolute Gasteiger partial charge is 0.469 e. The van der Waals surface area contributed by atoms with Gasteiger partial charge in [-0.2, -0.15) is 4.31 Å². The molecular formula is C21H28N2O4S. The van der Waals surface area contributed by atoms with Crippen LogP contribution in [-0.4, -0.2) is 37.8 Å². The number of nitrogens with zero attached hydrogens (tertiary/aromatic N) is 1. The average molecular weight is 405 g/mol. The number of nitrogens with one attached hydrogen (secondary N) is 1. The van der Waals surface area contributed by atoms with E-state index in [9.17, 15) is 13.2 Å². The molecule has 1 aromatic carbocycles. The summed E-state index contributed by atoms with van der Waals surface area (Å²) in [6.07, 6.45) is 6.99. The first-order valence-electron chi connectivity index (χ1n) is 9.90. The van der Waals surface area contributed by atoms with Crippen molar-refractivity contribution < 1.29 is 17.6 Å². The predicted molar refractivity (Wildman–Crippen MR) is 108 cm³/mol. The topological polar surface area (TPSA) is 79.6 Å². The first kappa shape index (κ1) is 20.6. The molecule has 1 aromatic heterocycles. The number of furan rings is 1. The number of sulfonamides is 1. The number of carbonyl (C=O) groups is 1. The van der Waals surface area contributed by atoms with Gasteiger partial charge in [0.25, 0.3) is 5.91 Å². The highest BCUT2D eigenvalue weighted by Crippen LogP contribution is 2.21. The molecule has 1 atom stereocenters. The molecule has 6 nitrogen and oxygen atoms in total. The summed E-state index contributed by atoms with van der Waals surface area (Å²) in [5.41, 5.74) is 0.362. The van der Waals surface area contributed by atoms with Crippen molar-refractivity contribution in [3.8, 4) is 0 Å². The van der Waals surface area contributed by atoms with Crippen LogP contribution in [0.15, 0.2) is 52.0 Å². The van der Waals surface area contributed by atoms with E-state index in [1.54, 1.807) is 28.8 Å². The lowest BCUT2D eigenvalue weighted by Gasteiger charge is -2.20. The van der Waals surface area contributed by atoms with E-state index in [2.05, 4.69) is 5.32 Å². The van der Waals surface area contributed by atoms with Gasteiger partial charge in [-0.15, -0.1) is 0 Å². The number of benzene rings is 1. The Balaban J connectivity index is 1.65. The number of amides is 1. The minimum absolute atomic E-state index is 0.0523. The minimum atomic E-state index is -3.57. The molecule has 0 radical (unpaired) electrons. The van der Waals surface area contributed by atoms with Gasteiger partial charge in [0.15, 0.2) is 0 Å². The van der Waals surface area contributed by atoms with Crippen molar-refractivity contribution in [3.63, 3.8) is 0 Å². The third kappa shape index (κ3) is 5.23. The molecule has 7 heteroatoms. The van der Waals surface area contributed by atoms with Crippen molar-refractivity contribution in [2.45, 2.75) is 56.4 Å². The molecule has 2 aromatic rings. The first-order chi connectivity index (χ1) is 13.5. The minimum Gasteiger partial charge on any atom is -0.469 e. The number of hydrogen-bond acceptors (Lipinski definition) is 4. The summed E-state index contributed by atoms with van der Waals surface area (Å²) in [7, 11) is -3.57. The Hall–Kier alpha value is -2.12. The average Bonchev–Trinajstić information content (AvgIpc) is 3.06. The van der Waals surface area contributed by atoms with E-state index in [1.165, 1.54) is 6.07 Å². The summed E-state index contributed by atoms with van der Waals surface area (Å²) in [5.74, 6) is 0.617. The van der Waals surface area contributed by atoms with E-state index in [-0.39, 0.29) is 16.8 Å². The zero-order valence-corrected chi connectivity index (χ0v) is 17.1. The molecule has 0 spiro atoms. The van der Waals surface area contributed by atoms with Crippen molar-refractivity contribution in [2.24, 2.45) is 0 Å². The van der Waals surface area contributed by atoms with Crippen molar-refractivity contribution in [1.29, 1.82) is 0 Å². The smallest absolute Gasteiger partial charge is 0.251 e. The summed E-state index contributed by atoms with van der Waals surface area (Å²) < 4.78 is 32.8. The van der Waals surface area contributed by atoms with Gasteiger partial charge in [-0.05, 0) is 56.5 Å². The summed E-state index contributed by atoms with van der Waals surface area (Å²) >= 11 is 0. The SMILES string of the molecule is CC(CCc1ccco1)NC(=O)c1cccc(S(=O)(=O)N2CCCCCC2)c1. The van der Waals surface area contributed by atoms with E-state index in [4.69, 9.17) is 4.42 Å². The van der Waals surface area contributed by atoms with Crippen molar-refractivity contribution >= 4 is 15.9 Å². The van der Waals surface area contributed by atoms with Crippen LogP contribution in [0.25, 0.3) is 0 Å². The Kier molecular flexibility index (Phi) is 6.91. The van der Waals surface area contributed by atoms with Crippen LogP contribution in [0.2, 0.25) is 0 Å². The molecule has 0 saturated carbocycles. The standard InChI is InChI=1S/C21H28N2O4S/c1-17(11-12-19-9-7-15-27-19)22-21(24)18-8-6-10-20(16-18)28(25,26)23-13-4-2-3-5-14-23/h6-10,15-17H,2-5,11-14H2,1H3,(H,22,24). The molecule has 2 heterocycles. The van der Waals surface area contributed by atoms with E-state index in [0.717, 1.165) is 44.3 Å². The maximum atomic E-state index is 13.0. The zero-order valence-electron chi connectivity index (χ0n) is 16.3. The third-order valence-corrected chi connectivity index (χ3v) is 6.98. The van der Waals surface area contributed by atoms with Gasteiger partial charge in [0.2, 0.25) is 10.0 Å². The fourth-order valence-corrected chi connectivity index (χ4v) is 4.99. The number of rotatable bonds is 7. The molecular weight excluding hydrogens is 376 g/mol. The van der Waals surface area contributed by atoms with Gasteiger partial charge >= 0.3 is 0 Å². The molecule has 1 saturated heterocycles. The van der Waals surface area contributed by atoms with Gasteiger partial charge < -0.3 is 9.73 Å². The summed E-state index contributed by atoms with van der Waals surface area (Å²) in [6.45, 7) is 3.02. The Bertz CT molecular complexity index is 870. The molecule has 1 unspecified atom stereocenters. The van der Waals surface area contributed by atoms with Crippen LogP contribution >= 0.6 is 0 Å². The molecule has 1 aliphatic heterocycles. The third-order valence-electron chi connectivity index (χ3n) is 5.08. The molecule has 1 aliphatic rings. The normalized spacial score (nSPS) is 17.0. The Morgan fingerprint density at radius 1 is 1.14 bits per heavy atom. The second-order valence-corrected chi connectivity index (χ2v) is 9.28. The number of hydrogen-bond donors (Lipinski definition) is 1. The molecule has 28 heavy (non-hydrogen) atoms. The lowest BCUT2D eigenvalue weighted by Crippen LogP contribution is -2.34. The fraction of sp³-hybridized carbons (Fsp3) is 0.476. The van der Waals surface area contributed by atoms with Crippen LogP contribution in [0.3, 0.4) is 0 Å². The Morgan fingerprint density at radius 3 is 2.57 bits per heavy atom. The van der Waals surface area contributed by atoms with Gasteiger partial charge in [0, 0.05) is 31.1 Å². The van der Waals surface area contributed by atoms with Crippen LogP contribution < -0.4 is 5.32 Å². The van der Waals surface area contributed by atoms with Crippen molar-refractivity contribution in [2.75, 3.05) is 13.1 Å². The summed E-state index contributed by atoms with van der Waals surface area (Å²) in [6, 6.07) is 10.0. The van der Waals surface area contributed by atoms with Crippen molar-refractivity contribution in [3.05, 3.63) is 54.0 Å². The van der Waals surface area contributed by atoms with Gasteiger partial charge in [0.1, 0.15) is 5.76 Å². The molecule has 3 rings (SSSR count). The van der Waals surface area contributed by atoms with Gasteiger partial charge in [-0.25, -0.2) is 8.42 Å². The molecule has 1 N–H and O–H groups in total. The highest BCUT2D eigenvalue weighted by molar-refractivity contribution is 7.89. The Labute approximate surface area is 167 Å². The lowest BCUT2D eigenvalue weighted by molar-refractivity contribution is 0.0938. The van der Waals surface area contributed by atoms with Crippen LogP contribution in [-0.2, 0) is 16.4 Å². The maximum absolute atomic E-state index is 13.0. The van der Waals surface area contributed by atoms with E-state index < -0.39 is 10.0 Å². The number of aryl methyl sites for hydroxylation is 1. The zero-order chi connectivity index (χ0) is 20.0. The quantitative estimate of drug-likeness (QED) is 0.765. The van der Waals surface area contributed by atoms with Crippen molar-refractivity contribution in [1.82, 2.24) is 9.62 Å². The van der Waals surface area contributed by atoms with Crippen LogP contribution in [0, 0.1) is 0 Å². The predicted octanol–water partition coefficient (Wildman–Crippen LogP) is 3.60. The van der Waals surface area contributed by atoms with Crippen LogP contribution in [0.5, 0.6) is 0 Å². The molecule has 0 bridgehead atoms. The maximum Gasteiger partial charge on any atom is 0.251 e. The van der Waals surface area contributed by atoms with Crippen LogP contribution in [0.1, 0.15) is 55.1 Å². The lowest BCUT2D eigenvalue weighted by atomic mass is 10.1. The molecule has 0 aliphatic carbocycles. The summed E-state index contributed by atoms with van der Waals surface area (Å²) in [5, 5.41) is 2.94.